The highest BCUT2D eigenvalue weighted by molar-refractivity contribution is 5.48. The van der Waals surface area contributed by atoms with Gasteiger partial charge in [-0.05, 0) is 19.1 Å². The number of nitrogens with zero attached hydrogens (tertiary/aromatic N) is 2. The van der Waals surface area contributed by atoms with Gasteiger partial charge in [-0.15, -0.1) is 0 Å². The molecule has 0 saturated heterocycles. The monoisotopic (exact) mass is 194 g/mol. The number of aromatic nitrogens is 1. The third kappa shape index (κ3) is 2.88. The van der Waals surface area contributed by atoms with E-state index in [1.807, 2.05) is 44.2 Å². The van der Waals surface area contributed by atoms with E-state index in [9.17, 15) is 0 Å². The molecule has 14 heavy (non-hydrogen) atoms. The average molecular weight is 194 g/mol. The number of nitrogens with one attached hydrogen (secondary N) is 1. The fourth-order valence-corrected chi connectivity index (χ4v) is 1.08. The van der Waals surface area contributed by atoms with Crippen LogP contribution in [0.5, 0.6) is 0 Å². The smallest absolute Gasteiger partial charge is 0.128 e. The summed E-state index contributed by atoms with van der Waals surface area (Å²) < 4.78 is 0. The molecule has 78 valence electrons. The van der Waals surface area contributed by atoms with Crippen molar-refractivity contribution in [3.63, 3.8) is 0 Å². The van der Waals surface area contributed by atoms with Gasteiger partial charge < -0.3 is 16.0 Å². The highest BCUT2D eigenvalue weighted by Gasteiger charge is 2.00. The highest BCUT2D eigenvalue weighted by atomic mass is 15.1. The van der Waals surface area contributed by atoms with Crippen molar-refractivity contribution >= 4 is 11.5 Å². The highest BCUT2D eigenvalue weighted by Crippen LogP contribution is 2.12. The van der Waals surface area contributed by atoms with Crippen LogP contribution in [0.1, 0.15) is 6.92 Å². The maximum absolute atomic E-state index is 5.51. The molecule has 0 aliphatic carbocycles. The first kappa shape index (κ1) is 10.8. The van der Waals surface area contributed by atoms with E-state index in [2.05, 4.69) is 10.3 Å². The SMILES string of the molecule is CC(CN)Nc1ccc(N(C)C)nc1. The van der Waals surface area contributed by atoms with Crippen molar-refractivity contribution in [2.24, 2.45) is 5.73 Å². The van der Waals surface area contributed by atoms with Crippen molar-refractivity contribution in [3.05, 3.63) is 18.3 Å². The molecule has 4 heteroatoms. The van der Waals surface area contributed by atoms with Gasteiger partial charge in [0.15, 0.2) is 0 Å². The molecule has 0 aliphatic heterocycles. The summed E-state index contributed by atoms with van der Waals surface area (Å²) in [5, 5.41) is 3.25. The summed E-state index contributed by atoms with van der Waals surface area (Å²) in [7, 11) is 3.94. The minimum atomic E-state index is 0.280. The molecule has 0 bridgehead atoms. The normalized spacial score (nSPS) is 12.3. The van der Waals surface area contributed by atoms with Gasteiger partial charge in [-0.2, -0.15) is 0 Å². The van der Waals surface area contributed by atoms with Gasteiger partial charge in [-0.3, -0.25) is 0 Å². The number of nitrogens with two attached hydrogens (primary N) is 1. The van der Waals surface area contributed by atoms with Crippen molar-refractivity contribution in [3.8, 4) is 0 Å². The van der Waals surface area contributed by atoms with Crippen LogP contribution in [0.4, 0.5) is 11.5 Å². The van der Waals surface area contributed by atoms with Crippen molar-refractivity contribution < 1.29 is 0 Å². The molecule has 0 fully saturated rings. The maximum Gasteiger partial charge on any atom is 0.128 e. The van der Waals surface area contributed by atoms with E-state index in [-0.39, 0.29) is 6.04 Å². The van der Waals surface area contributed by atoms with Crippen LogP contribution < -0.4 is 16.0 Å². The second-order valence-corrected chi connectivity index (χ2v) is 3.58. The van der Waals surface area contributed by atoms with E-state index >= 15 is 0 Å². The lowest BCUT2D eigenvalue weighted by molar-refractivity contribution is 0.803. The minimum absolute atomic E-state index is 0.280. The van der Waals surface area contributed by atoms with Crippen LogP contribution in [0.2, 0.25) is 0 Å². The van der Waals surface area contributed by atoms with Crippen LogP contribution in [0.3, 0.4) is 0 Å². The van der Waals surface area contributed by atoms with Gasteiger partial charge >= 0.3 is 0 Å². The second kappa shape index (κ2) is 4.81. The Morgan fingerprint density at radius 1 is 1.50 bits per heavy atom. The molecular weight excluding hydrogens is 176 g/mol. The Hall–Kier alpha value is -1.29. The standard InChI is InChI=1S/C10H18N4/c1-8(6-11)13-9-4-5-10(12-7-9)14(2)3/h4-5,7-8,13H,6,11H2,1-3H3. The van der Waals surface area contributed by atoms with Crippen LogP contribution in [0, 0.1) is 0 Å². The van der Waals surface area contributed by atoms with Gasteiger partial charge in [0, 0.05) is 26.7 Å². The number of hydrogen-bond acceptors (Lipinski definition) is 4. The lowest BCUT2D eigenvalue weighted by Gasteiger charge is -2.14. The van der Waals surface area contributed by atoms with Crippen LogP contribution in [0.15, 0.2) is 18.3 Å². The third-order valence-electron chi connectivity index (χ3n) is 1.97. The molecule has 1 aromatic heterocycles. The fraction of sp³-hybridized carbons (Fsp3) is 0.500. The molecular formula is C10H18N4. The van der Waals surface area contributed by atoms with Crippen molar-refractivity contribution in [2.45, 2.75) is 13.0 Å². The quantitative estimate of drug-likeness (QED) is 0.748. The Kier molecular flexibility index (Phi) is 3.71. The van der Waals surface area contributed by atoms with Crippen LogP contribution in [-0.2, 0) is 0 Å². The molecule has 1 heterocycles. The first-order chi connectivity index (χ1) is 6.63. The molecule has 0 aliphatic rings. The maximum atomic E-state index is 5.51. The lowest BCUT2D eigenvalue weighted by atomic mass is 10.3. The molecule has 0 amide bonds. The van der Waals surface area contributed by atoms with Crippen molar-refractivity contribution in [2.75, 3.05) is 30.9 Å². The zero-order chi connectivity index (χ0) is 10.6. The fourth-order valence-electron chi connectivity index (χ4n) is 1.08. The van der Waals surface area contributed by atoms with Crippen LogP contribution in [-0.4, -0.2) is 31.7 Å². The Labute approximate surface area is 85.1 Å². The topological polar surface area (TPSA) is 54.2 Å². The van der Waals surface area contributed by atoms with E-state index in [0.717, 1.165) is 11.5 Å². The van der Waals surface area contributed by atoms with E-state index in [1.54, 1.807) is 0 Å². The van der Waals surface area contributed by atoms with E-state index in [1.165, 1.54) is 0 Å². The minimum Gasteiger partial charge on any atom is -0.380 e. The van der Waals surface area contributed by atoms with Gasteiger partial charge in [0.1, 0.15) is 5.82 Å². The summed E-state index contributed by atoms with van der Waals surface area (Å²) in [6.07, 6.45) is 1.82. The number of hydrogen-bond donors (Lipinski definition) is 2. The summed E-state index contributed by atoms with van der Waals surface area (Å²) in [6, 6.07) is 4.27. The zero-order valence-corrected chi connectivity index (χ0v) is 8.99. The van der Waals surface area contributed by atoms with E-state index in [0.29, 0.717) is 6.54 Å². The molecule has 3 N–H and O–H groups in total. The molecule has 0 saturated carbocycles. The van der Waals surface area contributed by atoms with Crippen molar-refractivity contribution in [1.82, 2.24) is 4.98 Å². The summed E-state index contributed by atoms with van der Waals surface area (Å²) >= 11 is 0. The third-order valence-corrected chi connectivity index (χ3v) is 1.97. The summed E-state index contributed by atoms with van der Waals surface area (Å²) in [6.45, 7) is 2.66. The summed E-state index contributed by atoms with van der Waals surface area (Å²) in [5.74, 6) is 0.955. The predicted molar refractivity (Wildman–Crippen MR) is 60.7 cm³/mol. The molecule has 1 aromatic rings. The number of anilines is 2. The Morgan fingerprint density at radius 3 is 2.64 bits per heavy atom. The molecule has 0 aromatic carbocycles. The molecule has 1 atom stereocenters. The Balaban J connectivity index is 2.64. The first-order valence-corrected chi connectivity index (χ1v) is 4.73. The summed E-state index contributed by atoms with van der Waals surface area (Å²) in [5.41, 5.74) is 6.51. The van der Waals surface area contributed by atoms with Crippen LogP contribution in [0.25, 0.3) is 0 Å². The van der Waals surface area contributed by atoms with Crippen LogP contribution >= 0.6 is 0 Å². The molecule has 0 radical (unpaired) electrons. The van der Waals surface area contributed by atoms with Gasteiger partial charge in [-0.25, -0.2) is 4.98 Å². The van der Waals surface area contributed by atoms with Gasteiger partial charge in [0.05, 0.1) is 11.9 Å². The second-order valence-electron chi connectivity index (χ2n) is 3.58. The molecule has 1 unspecified atom stereocenters. The lowest BCUT2D eigenvalue weighted by Crippen LogP contribution is -2.25. The number of pyridine rings is 1. The predicted octanol–water partition coefficient (Wildman–Crippen LogP) is 0.907. The van der Waals surface area contributed by atoms with Gasteiger partial charge in [-0.1, -0.05) is 0 Å². The Bertz CT molecular complexity index is 268. The van der Waals surface area contributed by atoms with Gasteiger partial charge in [0.25, 0.3) is 0 Å². The molecule has 4 nitrogen and oxygen atoms in total. The largest absolute Gasteiger partial charge is 0.380 e. The molecule has 1 rings (SSSR count). The summed E-state index contributed by atoms with van der Waals surface area (Å²) in [4.78, 5) is 6.26. The number of rotatable bonds is 4. The van der Waals surface area contributed by atoms with Gasteiger partial charge in [0.2, 0.25) is 0 Å². The Morgan fingerprint density at radius 2 is 2.21 bits per heavy atom. The average Bonchev–Trinajstić information content (AvgIpc) is 2.18. The van der Waals surface area contributed by atoms with Crippen molar-refractivity contribution in [1.29, 1.82) is 0 Å². The molecule has 0 spiro atoms. The van der Waals surface area contributed by atoms with E-state index < -0.39 is 0 Å². The first-order valence-electron chi connectivity index (χ1n) is 4.73. The zero-order valence-electron chi connectivity index (χ0n) is 8.99. The van der Waals surface area contributed by atoms with E-state index in [4.69, 9.17) is 5.73 Å².